The number of carbonyl (C=O) groups excluding carboxylic acids is 2. The Hall–Kier alpha value is -1.18. The zero-order valence-corrected chi connectivity index (χ0v) is 10.2. The Kier molecular flexibility index (Phi) is 1.55. The molecule has 4 bridgehead atoms. The quantitative estimate of drug-likeness (QED) is 0.607. The van der Waals surface area contributed by atoms with Crippen molar-refractivity contribution in [1.82, 2.24) is 0 Å². The molecule has 92 valence electrons. The minimum atomic E-state index is 0.0431. The van der Waals surface area contributed by atoms with Crippen molar-refractivity contribution in [2.45, 2.75) is 12.8 Å². The highest BCUT2D eigenvalue weighted by atomic mass is 16.1. The van der Waals surface area contributed by atoms with Gasteiger partial charge in [-0.1, -0.05) is 24.3 Å². The van der Waals surface area contributed by atoms with Gasteiger partial charge in [0.05, 0.1) is 0 Å². The molecule has 0 radical (unpaired) electrons. The molecule has 0 aliphatic heterocycles. The Balaban J connectivity index is 1.65. The number of hydrogen-bond acceptors (Lipinski definition) is 2. The third-order valence-corrected chi connectivity index (χ3v) is 6.23. The van der Waals surface area contributed by atoms with Gasteiger partial charge in [0.1, 0.15) is 11.6 Å². The maximum Gasteiger partial charge on any atom is 0.141 e. The number of Topliss-reactive ketones (excluding diaryl/α,β-unsaturated/α-hetero) is 2. The molecule has 0 saturated heterocycles. The SMILES string of the molecule is O=C1[C@@H]2[C@H](C(=O)[C@@H]3[C@H]1[C@H]1C=C[C@H]3C1)[C@H]1C=C[C@H]2C1. The van der Waals surface area contributed by atoms with Gasteiger partial charge in [-0.05, 0) is 36.5 Å². The van der Waals surface area contributed by atoms with E-state index >= 15 is 0 Å². The van der Waals surface area contributed by atoms with Crippen LogP contribution in [0.2, 0.25) is 0 Å². The van der Waals surface area contributed by atoms with Gasteiger partial charge in [-0.25, -0.2) is 0 Å². The molecule has 0 aromatic rings. The molecule has 3 fully saturated rings. The maximum atomic E-state index is 12.8. The van der Waals surface area contributed by atoms with E-state index < -0.39 is 0 Å². The van der Waals surface area contributed by atoms with Gasteiger partial charge in [0.2, 0.25) is 0 Å². The van der Waals surface area contributed by atoms with Crippen molar-refractivity contribution in [3.05, 3.63) is 24.3 Å². The van der Waals surface area contributed by atoms with Crippen LogP contribution < -0.4 is 0 Å². The van der Waals surface area contributed by atoms with Crippen LogP contribution in [0.15, 0.2) is 24.3 Å². The van der Waals surface area contributed by atoms with Crippen LogP contribution in [0.5, 0.6) is 0 Å². The van der Waals surface area contributed by atoms with Gasteiger partial charge in [0, 0.05) is 23.7 Å². The molecule has 0 amide bonds. The lowest BCUT2D eigenvalue weighted by atomic mass is 9.60. The van der Waals surface area contributed by atoms with E-state index in [4.69, 9.17) is 0 Å². The topological polar surface area (TPSA) is 34.1 Å². The monoisotopic (exact) mass is 240 g/mol. The smallest absolute Gasteiger partial charge is 0.141 e. The molecule has 0 aromatic carbocycles. The molecular weight excluding hydrogens is 224 g/mol. The molecular formula is C16H16O2. The van der Waals surface area contributed by atoms with E-state index in [0.29, 0.717) is 35.2 Å². The van der Waals surface area contributed by atoms with Crippen molar-refractivity contribution >= 4 is 11.6 Å². The maximum absolute atomic E-state index is 12.8. The van der Waals surface area contributed by atoms with Gasteiger partial charge in [0.15, 0.2) is 0 Å². The average molecular weight is 240 g/mol. The van der Waals surface area contributed by atoms with E-state index in [-0.39, 0.29) is 23.7 Å². The fourth-order valence-corrected chi connectivity index (χ4v) is 5.64. The average Bonchev–Trinajstić information content (AvgIpc) is 3.10. The van der Waals surface area contributed by atoms with Crippen LogP contribution >= 0.6 is 0 Å². The first-order valence-corrected chi connectivity index (χ1v) is 7.20. The Bertz CT molecular complexity index is 441. The van der Waals surface area contributed by atoms with Crippen LogP contribution in [0.3, 0.4) is 0 Å². The molecule has 0 N–H and O–H groups in total. The van der Waals surface area contributed by atoms with Gasteiger partial charge in [-0.2, -0.15) is 0 Å². The van der Waals surface area contributed by atoms with E-state index in [1.165, 1.54) is 0 Å². The van der Waals surface area contributed by atoms with Gasteiger partial charge in [-0.15, -0.1) is 0 Å². The van der Waals surface area contributed by atoms with Crippen molar-refractivity contribution in [2.24, 2.45) is 47.3 Å². The minimum absolute atomic E-state index is 0.0431. The summed E-state index contributed by atoms with van der Waals surface area (Å²) in [7, 11) is 0. The van der Waals surface area contributed by atoms with Gasteiger partial charge < -0.3 is 0 Å². The van der Waals surface area contributed by atoms with E-state index in [1.807, 2.05) is 0 Å². The molecule has 3 saturated carbocycles. The van der Waals surface area contributed by atoms with Gasteiger partial charge in [-0.3, -0.25) is 9.59 Å². The molecule has 2 nitrogen and oxygen atoms in total. The normalized spacial score (nSPS) is 58.4. The second kappa shape index (κ2) is 2.87. The first-order chi connectivity index (χ1) is 8.75. The third kappa shape index (κ3) is 0.877. The van der Waals surface area contributed by atoms with E-state index in [9.17, 15) is 9.59 Å². The summed E-state index contributed by atoms with van der Waals surface area (Å²) < 4.78 is 0. The number of hydrogen-bond donors (Lipinski definition) is 0. The molecule has 0 spiro atoms. The Morgan fingerprint density at radius 2 is 0.889 bits per heavy atom. The molecule has 5 aliphatic carbocycles. The number of carbonyl (C=O) groups is 2. The van der Waals surface area contributed by atoms with Crippen LogP contribution in [0.4, 0.5) is 0 Å². The van der Waals surface area contributed by atoms with Crippen molar-refractivity contribution in [3.63, 3.8) is 0 Å². The van der Waals surface area contributed by atoms with Crippen LogP contribution in [0.1, 0.15) is 12.8 Å². The molecule has 2 heteroatoms. The number of rotatable bonds is 0. The number of ketones is 2. The van der Waals surface area contributed by atoms with Crippen LogP contribution in [-0.4, -0.2) is 11.6 Å². The minimum Gasteiger partial charge on any atom is -0.299 e. The molecule has 0 heterocycles. The second-order valence-corrected chi connectivity index (χ2v) is 6.80. The van der Waals surface area contributed by atoms with Crippen molar-refractivity contribution in [2.75, 3.05) is 0 Å². The molecule has 18 heavy (non-hydrogen) atoms. The van der Waals surface area contributed by atoms with E-state index in [2.05, 4.69) is 24.3 Å². The number of fused-ring (bicyclic) bond motifs is 10. The second-order valence-electron chi connectivity index (χ2n) is 6.80. The highest BCUT2D eigenvalue weighted by Crippen LogP contribution is 2.60. The highest BCUT2D eigenvalue weighted by molar-refractivity contribution is 6.02. The predicted molar refractivity (Wildman–Crippen MR) is 65.4 cm³/mol. The molecule has 5 aliphatic rings. The predicted octanol–water partition coefficient (Wildman–Crippen LogP) is 2.01. The number of allylic oxidation sites excluding steroid dienone is 4. The van der Waals surface area contributed by atoms with Crippen LogP contribution in [-0.2, 0) is 9.59 Å². The summed E-state index contributed by atoms with van der Waals surface area (Å²) in [5, 5.41) is 0. The van der Waals surface area contributed by atoms with E-state index in [0.717, 1.165) is 12.8 Å². The lowest BCUT2D eigenvalue weighted by molar-refractivity contribution is -0.148. The molecule has 8 atom stereocenters. The van der Waals surface area contributed by atoms with Crippen molar-refractivity contribution in [3.8, 4) is 0 Å². The van der Waals surface area contributed by atoms with Crippen molar-refractivity contribution in [1.29, 1.82) is 0 Å². The largest absolute Gasteiger partial charge is 0.299 e. The Labute approximate surface area is 106 Å². The van der Waals surface area contributed by atoms with Crippen molar-refractivity contribution < 1.29 is 9.59 Å². The summed E-state index contributed by atoms with van der Waals surface area (Å²) in [6.07, 6.45) is 10.9. The summed E-state index contributed by atoms with van der Waals surface area (Å²) in [6, 6.07) is 0. The fraction of sp³-hybridized carbons (Fsp3) is 0.625. The van der Waals surface area contributed by atoms with E-state index in [1.54, 1.807) is 0 Å². The zero-order chi connectivity index (χ0) is 12.0. The first kappa shape index (κ1) is 9.71. The standard InChI is InChI=1S/C16H16O2/c17-15-11-7-1-2-8(5-7)12(11)16(18)14-10-4-3-9(6-10)13(14)15/h1-4,7-14H,5-6H2/t7-,8-,9-,10-,11-,12+,13+,14-/m0/s1. The summed E-state index contributed by atoms with van der Waals surface area (Å²) >= 11 is 0. The summed E-state index contributed by atoms with van der Waals surface area (Å²) in [6.45, 7) is 0. The summed E-state index contributed by atoms with van der Waals surface area (Å²) in [4.78, 5) is 25.6. The molecule has 0 unspecified atom stereocenters. The Morgan fingerprint density at radius 1 is 0.611 bits per heavy atom. The zero-order valence-electron chi connectivity index (χ0n) is 10.2. The first-order valence-electron chi connectivity index (χ1n) is 7.20. The van der Waals surface area contributed by atoms with Gasteiger partial charge in [0.25, 0.3) is 0 Å². The summed E-state index contributed by atoms with van der Waals surface area (Å²) in [5.74, 6) is 2.53. The third-order valence-electron chi connectivity index (χ3n) is 6.23. The summed E-state index contributed by atoms with van der Waals surface area (Å²) in [5.41, 5.74) is 0. The Morgan fingerprint density at radius 3 is 1.17 bits per heavy atom. The lowest BCUT2D eigenvalue weighted by Crippen LogP contribution is -2.50. The van der Waals surface area contributed by atoms with Crippen LogP contribution in [0.25, 0.3) is 0 Å². The van der Waals surface area contributed by atoms with Gasteiger partial charge >= 0.3 is 0 Å². The fourth-order valence-electron chi connectivity index (χ4n) is 5.64. The lowest BCUT2D eigenvalue weighted by Gasteiger charge is -2.40. The highest BCUT2D eigenvalue weighted by Gasteiger charge is 2.63. The molecule has 0 aromatic heterocycles. The van der Waals surface area contributed by atoms with Crippen LogP contribution in [0, 0.1) is 47.3 Å². The molecule has 5 rings (SSSR count).